The van der Waals surface area contributed by atoms with E-state index < -0.39 is 5.97 Å². The van der Waals surface area contributed by atoms with Crippen molar-refractivity contribution in [2.45, 2.75) is 26.4 Å². The van der Waals surface area contributed by atoms with Crippen molar-refractivity contribution < 1.29 is 14.3 Å². The summed E-state index contributed by atoms with van der Waals surface area (Å²) in [4.78, 5) is 12.2. The summed E-state index contributed by atoms with van der Waals surface area (Å²) in [6.45, 7) is 2.45. The first kappa shape index (κ1) is 17.5. The summed E-state index contributed by atoms with van der Waals surface area (Å²) in [7, 11) is 0. The Kier molecular flexibility index (Phi) is 4.81. The molecular weight excluding hydrogens is 366 g/mol. The van der Waals surface area contributed by atoms with Crippen LogP contribution in [0.4, 0.5) is 0 Å². The van der Waals surface area contributed by atoms with Crippen LogP contribution >= 0.6 is 11.6 Å². The first-order valence-corrected chi connectivity index (χ1v) is 9.16. The number of rotatable bonds is 5. The molecule has 0 saturated heterocycles. The maximum absolute atomic E-state index is 12.2. The minimum Gasteiger partial charge on any atom is -0.489 e. The zero-order chi connectivity index (χ0) is 18.8. The normalized spacial score (nSPS) is 12.2. The minimum atomic E-state index is -0.469. The Bertz CT molecular complexity index is 1000. The van der Waals surface area contributed by atoms with Gasteiger partial charge in [0.1, 0.15) is 18.2 Å². The number of carbonyl (C=O) groups excluding carboxylic acids is 1. The van der Waals surface area contributed by atoms with Crippen LogP contribution in [0.25, 0.3) is 5.69 Å². The van der Waals surface area contributed by atoms with Gasteiger partial charge in [-0.1, -0.05) is 29.8 Å². The van der Waals surface area contributed by atoms with Crippen LogP contribution in [0.2, 0.25) is 5.02 Å². The quantitative estimate of drug-likeness (QED) is 0.627. The highest BCUT2D eigenvalue weighted by atomic mass is 35.5. The fraction of sp³-hybridized carbons (Fsp3) is 0.250. The number of aromatic nitrogens is 3. The predicted molar refractivity (Wildman–Crippen MR) is 101 cm³/mol. The Balaban J connectivity index is 1.60. The molecule has 6 nitrogen and oxygen atoms in total. The molecule has 3 aromatic rings. The first-order chi connectivity index (χ1) is 13.2. The Labute approximate surface area is 161 Å². The van der Waals surface area contributed by atoms with Crippen LogP contribution in [-0.2, 0) is 24.2 Å². The van der Waals surface area contributed by atoms with Crippen molar-refractivity contribution in [3.63, 3.8) is 0 Å². The van der Waals surface area contributed by atoms with E-state index in [9.17, 15) is 4.79 Å². The predicted octanol–water partition coefficient (Wildman–Crippen LogP) is 3.78. The van der Waals surface area contributed by atoms with E-state index in [0.717, 1.165) is 34.8 Å². The molecule has 0 unspecified atom stereocenters. The molecule has 2 aromatic carbocycles. The van der Waals surface area contributed by atoms with E-state index in [0.29, 0.717) is 24.7 Å². The van der Waals surface area contributed by atoms with Crippen molar-refractivity contribution in [1.82, 2.24) is 14.8 Å². The van der Waals surface area contributed by atoms with Crippen molar-refractivity contribution >= 4 is 17.6 Å². The number of fused-ring (bicyclic) bond motifs is 3. The molecule has 1 aliphatic rings. The standard InChI is InChI=1S/C20H18ClN3O3/c1-2-26-20(25)19-23-22-18-10-7-13-11-15(8-9-17(13)24(18)19)27-12-14-5-3-4-6-16(14)21/h3-6,8-9,11H,2,7,10,12H2,1H3. The molecule has 0 fully saturated rings. The van der Waals surface area contributed by atoms with Crippen molar-refractivity contribution in [2.75, 3.05) is 6.61 Å². The summed E-state index contributed by atoms with van der Waals surface area (Å²) in [6.07, 6.45) is 1.51. The molecule has 0 saturated carbocycles. The van der Waals surface area contributed by atoms with Gasteiger partial charge in [0.25, 0.3) is 0 Å². The van der Waals surface area contributed by atoms with Crippen LogP contribution < -0.4 is 4.74 Å². The van der Waals surface area contributed by atoms with Gasteiger partial charge < -0.3 is 9.47 Å². The van der Waals surface area contributed by atoms with Crippen LogP contribution in [0.1, 0.15) is 34.5 Å². The lowest BCUT2D eigenvalue weighted by Gasteiger charge is -2.20. The van der Waals surface area contributed by atoms with Crippen molar-refractivity contribution in [3.05, 3.63) is 70.3 Å². The van der Waals surface area contributed by atoms with E-state index in [2.05, 4.69) is 10.2 Å². The molecule has 0 spiro atoms. The number of hydrogen-bond donors (Lipinski definition) is 0. The van der Waals surface area contributed by atoms with Gasteiger partial charge in [-0.3, -0.25) is 4.57 Å². The SMILES string of the molecule is CCOC(=O)c1nnc2n1-c1ccc(OCc3ccccc3Cl)cc1CC2. The molecule has 7 heteroatoms. The van der Waals surface area contributed by atoms with Gasteiger partial charge in [-0.15, -0.1) is 10.2 Å². The highest BCUT2D eigenvalue weighted by Crippen LogP contribution is 2.29. The van der Waals surface area contributed by atoms with E-state index in [1.165, 1.54) is 0 Å². The van der Waals surface area contributed by atoms with Gasteiger partial charge in [0.15, 0.2) is 0 Å². The number of nitrogens with zero attached hydrogens (tertiary/aromatic N) is 3. The van der Waals surface area contributed by atoms with E-state index in [1.807, 2.05) is 42.5 Å². The lowest BCUT2D eigenvalue weighted by molar-refractivity contribution is 0.0509. The second-order valence-corrected chi connectivity index (χ2v) is 6.57. The average molecular weight is 384 g/mol. The van der Waals surface area contributed by atoms with Crippen LogP contribution in [0.15, 0.2) is 42.5 Å². The fourth-order valence-corrected chi connectivity index (χ4v) is 3.34. The largest absolute Gasteiger partial charge is 0.489 e. The Morgan fingerprint density at radius 3 is 2.85 bits per heavy atom. The van der Waals surface area contributed by atoms with Crippen LogP contribution in [0, 0.1) is 0 Å². The third kappa shape index (κ3) is 3.40. The van der Waals surface area contributed by atoms with Gasteiger partial charge in [0.2, 0.25) is 5.82 Å². The maximum atomic E-state index is 12.2. The number of carbonyl (C=O) groups is 1. The Morgan fingerprint density at radius 1 is 1.19 bits per heavy atom. The summed E-state index contributed by atoms with van der Waals surface area (Å²) in [6, 6.07) is 13.4. The number of aryl methyl sites for hydroxylation is 2. The summed E-state index contributed by atoms with van der Waals surface area (Å²) < 4.78 is 12.8. The molecule has 138 valence electrons. The molecule has 0 amide bonds. The van der Waals surface area contributed by atoms with Crippen molar-refractivity contribution in [3.8, 4) is 11.4 Å². The summed E-state index contributed by atoms with van der Waals surface area (Å²) in [5, 5.41) is 8.83. The monoisotopic (exact) mass is 383 g/mol. The molecule has 0 N–H and O–H groups in total. The second kappa shape index (κ2) is 7.40. The van der Waals surface area contributed by atoms with Gasteiger partial charge in [0, 0.05) is 17.0 Å². The molecule has 4 rings (SSSR count). The molecule has 1 aliphatic heterocycles. The number of halogens is 1. The first-order valence-electron chi connectivity index (χ1n) is 8.78. The van der Waals surface area contributed by atoms with E-state index in [-0.39, 0.29) is 5.82 Å². The Hall–Kier alpha value is -2.86. The summed E-state index contributed by atoms with van der Waals surface area (Å²) in [5.74, 6) is 1.25. The number of benzene rings is 2. The molecule has 1 aromatic heterocycles. The highest BCUT2D eigenvalue weighted by Gasteiger charge is 2.26. The molecule has 0 bridgehead atoms. The molecule has 27 heavy (non-hydrogen) atoms. The van der Waals surface area contributed by atoms with Crippen molar-refractivity contribution in [1.29, 1.82) is 0 Å². The zero-order valence-corrected chi connectivity index (χ0v) is 15.6. The van der Waals surface area contributed by atoms with Crippen LogP contribution in [0.5, 0.6) is 5.75 Å². The van der Waals surface area contributed by atoms with E-state index >= 15 is 0 Å². The lowest BCUT2D eigenvalue weighted by atomic mass is 10.0. The summed E-state index contributed by atoms with van der Waals surface area (Å²) in [5.41, 5.74) is 2.89. The number of hydrogen-bond acceptors (Lipinski definition) is 5. The fourth-order valence-electron chi connectivity index (χ4n) is 3.15. The molecule has 0 atom stereocenters. The number of ether oxygens (including phenoxy) is 2. The van der Waals surface area contributed by atoms with Crippen LogP contribution in [0.3, 0.4) is 0 Å². The lowest BCUT2D eigenvalue weighted by Crippen LogP contribution is -2.18. The van der Waals surface area contributed by atoms with Gasteiger partial charge in [-0.25, -0.2) is 4.79 Å². The maximum Gasteiger partial charge on any atom is 0.376 e. The highest BCUT2D eigenvalue weighted by molar-refractivity contribution is 6.31. The average Bonchev–Trinajstić information content (AvgIpc) is 3.12. The molecule has 0 radical (unpaired) electrons. The molecule has 0 aliphatic carbocycles. The van der Waals surface area contributed by atoms with E-state index in [4.69, 9.17) is 21.1 Å². The minimum absolute atomic E-state index is 0.206. The van der Waals surface area contributed by atoms with Crippen molar-refractivity contribution in [2.24, 2.45) is 0 Å². The summed E-state index contributed by atoms with van der Waals surface area (Å²) >= 11 is 6.18. The third-order valence-electron chi connectivity index (χ3n) is 4.45. The van der Waals surface area contributed by atoms with Crippen LogP contribution in [-0.4, -0.2) is 27.3 Å². The van der Waals surface area contributed by atoms with Gasteiger partial charge in [-0.2, -0.15) is 0 Å². The third-order valence-corrected chi connectivity index (χ3v) is 4.82. The smallest absolute Gasteiger partial charge is 0.376 e. The molecular formula is C20H18ClN3O3. The van der Waals surface area contributed by atoms with Gasteiger partial charge in [-0.05, 0) is 43.2 Å². The Morgan fingerprint density at radius 2 is 2.04 bits per heavy atom. The zero-order valence-electron chi connectivity index (χ0n) is 14.8. The van der Waals surface area contributed by atoms with Gasteiger partial charge >= 0.3 is 5.97 Å². The van der Waals surface area contributed by atoms with Gasteiger partial charge in [0.05, 0.1) is 12.3 Å². The second-order valence-electron chi connectivity index (χ2n) is 6.17. The molecule has 2 heterocycles. The number of esters is 1. The topological polar surface area (TPSA) is 66.2 Å². The van der Waals surface area contributed by atoms with E-state index in [1.54, 1.807) is 11.5 Å².